The average molecular weight is 763 g/mol. The van der Waals surface area contributed by atoms with Gasteiger partial charge < -0.3 is 10.2 Å². The number of benzene rings is 8. The minimum Gasteiger partial charge on any atom is -0.354 e. The zero-order valence-corrected chi connectivity index (χ0v) is 34.8. The van der Waals surface area contributed by atoms with Gasteiger partial charge in [-0.05, 0) is 145 Å². The molecule has 1 aliphatic carbocycles. The molecule has 57 heavy (non-hydrogen) atoms. The van der Waals surface area contributed by atoms with Gasteiger partial charge in [0.05, 0.1) is 22.1 Å². The van der Waals surface area contributed by atoms with Crippen molar-refractivity contribution in [3.8, 4) is 11.1 Å². The first-order valence-electron chi connectivity index (χ1n) is 20.6. The molecular weight excluding hydrogens is 712 g/mol. The predicted octanol–water partition coefficient (Wildman–Crippen LogP) is 16.2. The minimum atomic E-state index is -0.0529. The van der Waals surface area contributed by atoms with Gasteiger partial charge in [0, 0.05) is 16.9 Å². The van der Waals surface area contributed by atoms with Crippen LogP contribution in [-0.2, 0) is 23.7 Å². The van der Waals surface area contributed by atoms with Gasteiger partial charge in [0.25, 0.3) is 0 Å². The molecule has 1 aliphatic rings. The maximum Gasteiger partial charge on any atom is 0.0881 e. The van der Waals surface area contributed by atoms with Crippen molar-refractivity contribution in [3.05, 3.63) is 173 Å². The fourth-order valence-electron chi connectivity index (χ4n) is 8.85. The molecule has 0 aromatic heterocycles. The highest BCUT2D eigenvalue weighted by Gasteiger charge is 2.26. The Morgan fingerprint density at radius 1 is 0.561 bits per heavy atom. The first kappa shape index (κ1) is 37.0. The van der Waals surface area contributed by atoms with Crippen molar-refractivity contribution < 1.29 is 0 Å². The first-order chi connectivity index (χ1) is 27.5. The highest BCUT2D eigenvalue weighted by Crippen LogP contribution is 2.48. The summed E-state index contributed by atoms with van der Waals surface area (Å²) in [4.78, 5) is 2.37. The second-order valence-electron chi connectivity index (χ2n) is 17.5. The molecule has 2 nitrogen and oxygen atoms in total. The van der Waals surface area contributed by atoms with Crippen LogP contribution >= 0.6 is 11.6 Å². The number of nitrogens with one attached hydrogen (secondary N) is 1. The van der Waals surface area contributed by atoms with Crippen molar-refractivity contribution in [1.29, 1.82) is 0 Å². The van der Waals surface area contributed by atoms with Gasteiger partial charge in [-0.1, -0.05) is 150 Å². The smallest absolute Gasteiger partial charge is 0.0881 e. The third kappa shape index (κ3) is 6.64. The zero-order chi connectivity index (χ0) is 39.5. The SMILES string of the molecule is CCC(C)(C)c1ccc(N(c2ccc(C(C)(C)C)cc2-c2ccc3c4ccccc4c4ccccc4c3c2)c2cccc(Nc3cccc4c3CCC4)c2Cl)cc1. The Balaban J connectivity index is 1.28. The van der Waals surface area contributed by atoms with Crippen molar-refractivity contribution in [2.45, 2.75) is 78.1 Å². The van der Waals surface area contributed by atoms with E-state index in [0.717, 1.165) is 53.3 Å². The number of hydrogen-bond acceptors (Lipinski definition) is 2. The van der Waals surface area contributed by atoms with Gasteiger partial charge >= 0.3 is 0 Å². The van der Waals surface area contributed by atoms with E-state index < -0.39 is 0 Å². The van der Waals surface area contributed by atoms with Gasteiger partial charge in [-0.15, -0.1) is 0 Å². The molecule has 9 rings (SSSR count). The lowest BCUT2D eigenvalue weighted by molar-refractivity contribution is 0.506. The second-order valence-corrected chi connectivity index (χ2v) is 17.9. The fraction of sp³-hybridized carbons (Fsp3) is 0.222. The van der Waals surface area contributed by atoms with Crippen LogP contribution in [0.4, 0.5) is 28.4 Å². The van der Waals surface area contributed by atoms with E-state index in [1.807, 2.05) is 0 Å². The van der Waals surface area contributed by atoms with E-state index >= 15 is 0 Å². The summed E-state index contributed by atoms with van der Waals surface area (Å²) in [7, 11) is 0. The van der Waals surface area contributed by atoms with E-state index in [0.29, 0.717) is 5.02 Å². The van der Waals surface area contributed by atoms with Gasteiger partial charge in [0.1, 0.15) is 0 Å². The molecule has 0 radical (unpaired) electrons. The van der Waals surface area contributed by atoms with Crippen LogP contribution in [0.3, 0.4) is 0 Å². The fourth-order valence-corrected chi connectivity index (χ4v) is 9.11. The topological polar surface area (TPSA) is 15.3 Å². The second kappa shape index (κ2) is 14.4. The van der Waals surface area contributed by atoms with E-state index in [2.05, 4.69) is 197 Å². The lowest BCUT2D eigenvalue weighted by atomic mass is 9.82. The van der Waals surface area contributed by atoms with Crippen LogP contribution in [0.5, 0.6) is 0 Å². The number of aryl methyl sites for hydroxylation is 1. The molecule has 0 spiro atoms. The zero-order valence-electron chi connectivity index (χ0n) is 34.0. The number of anilines is 5. The lowest BCUT2D eigenvalue weighted by Crippen LogP contribution is -2.17. The number of nitrogens with zero attached hydrogens (tertiary/aromatic N) is 1. The largest absolute Gasteiger partial charge is 0.354 e. The lowest BCUT2D eigenvalue weighted by Gasteiger charge is -2.32. The highest BCUT2D eigenvalue weighted by atomic mass is 35.5. The number of hydrogen-bond donors (Lipinski definition) is 1. The third-order valence-corrected chi connectivity index (χ3v) is 13.0. The van der Waals surface area contributed by atoms with Crippen LogP contribution in [-0.4, -0.2) is 0 Å². The maximum atomic E-state index is 7.63. The molecule has 0 heterocycles. The van der Waals surface area contributed by atoms with Gasteiger partial charge in [-0.3, -0.25) is 0 Å². The Morgan fingerprint density at radius 3 is 1.84 bits per heavy atom. The molecular formula is C54H51ClN2. The van der Waals surface area contributed by atoms with Crippen LogP contribution in [0.25, 0.3) is 43.4 Å². The van der Waals surface area contributed by atoms with E-state index in [9.17, 15) is 0 Å². The molecule has 0 amide bonds. The quantitative estimate of drug-likeness (QED) is 0.155. The maximum absolute atomic E-state index is 7.63. The monoisotopic (exact) mass is 762 g/mol. The molecule has 0 fully saturated rings. The van der Waals surface area contributed by atoms with Gasteiger partial charge in [0.15, 0.2) is 0 Å². The summed E-state index contributed by atoms with van der Waals surface area (Å²) < 4.78 is 0. The molecule has 0 atom stereocenters. The standard InChI is InChI=1S/C54H51ClN2/c1-7-54(5,6)37-26-29-39(30-27-37)57(51-24-14-23-49(52(51)55)56-48-22-13-16-35-15-12-21-40(35)48)50-32-28-38(53(2,3)4)34-46(50)36-25-31-45-43-19-9-8-17-41(43)42-18-10-11-20-44(42)47(45)33-36/h8-11,13-14,16-20,22-34,56H,7,12,15,21H2,1-6H3. The molecule has 3 heteroatoms. The van der Waals surface area contributed by atoms with Gasteiger partial charge in [0.2, 0.25) is 0 Å². The summed E-state index contributed by atoms with van der Waals surface area (Å²) in [6.07, 6.45) is 4.46. The molecule has 8 aromatic carbocycles. The van der Waals surface area contributed by atoms with E-state index in [-0.39, 0.29) is 10.8 Å². The Bertz CT molecular complexity index is 2770. The molecule has 0 saturated heterocycles. The van der Waals surface area contributed by atoms with Gasteiger partial charge in [-0.2, -0.15) is 0 Å². The van der Waals surface area contributed by atoms with Crippen molar-refractivity contribution >= 4 is 72.4 Å². The van der Waals surface area contributed by atoms with Crippen molar-refractivity contribution in [2.75, 3.05) is 10.2 Å². The van der Waals surface area contributed by atoms with Crippen molar-refractivity contribution in [1.82, 2.24) is 0 Å². The normalized spacial score (nSPS) is 13.0. The van der Waals surface area contributed by atoms with Crippen LogP contribution in [0.1, 0.15) is 76.6 Å². The molecule has 0 unspecified atom stereocenters. The highest BCUT2D eigenvalue weighted by molar-refractivity contribution is 6.36. The van der Waals surface area contributed by atoms with E-state index in [1.54, 1.807) is 0 Å². The number of rotatable bonds is 8. The van der Waals surface area contributed by atoms with Crippen molar-refractivity contribution in [2.24, 2.45) is 0 Å². The van der Waals surface area contributed by atoms with Gasteiger partial charge in [-0.25, -0.2) is 0 Å². The molecule has 284 valence electrons. The number of fused-ring (bicyclic) bond motifs is 7. The molecule has 8 aromatic rings. The Labute approximate surface area is 343 Å². The summed E-state index contributed by atoms with van der Waals surface area (Å²) in [5.41, 5.74) is 12.9. The van der Waals surface area contributed by atoms with E-state index in [1.165, 1.54) is 66.6 Å². The molecule has 1 N–H and O–H groups in total. The summed E-state index contributed by atoms with van der Waals surface area (Å²) in [6, 6.07) is 53.9. The van der Waals surface area contributed by atoms with Crippen LogP contribution in [0, 0.1) is 0 Å². The van der Waals surface area contributed by atoms with Crippen LogP contribution in [0.2, 0.25) is 5.02 Å². The molecule has 0 saturated carbocycles. The van der Waals surface area contributed by atoms with E-state index in [4.69, 9.17) is 11.6 Å². The Morgan fingerprint density at radius 2 is 1.18 bits per heavy atom. The summed E-state index contributed by atoms with van der Waals surface area (Å²) in [6.45, 7) is 13.8. The first-order valence-corrected chi connectivity index (χ1v) is 20.9. The molecule has 0 aliphatic heterocycles. The summed E-state index contributed by atoms with van der Waals surface area (Å²) in [5.74, 6) is 0. The van der Waals surface area contributed by atoms with Crippen LogP contribution < -0.4 is 10.2 Å². The Hall–Kier alpha value is -5.57. The predicted molar refractivity (Wildman–Crippen MR) is 248 cm³/mol. The number of halogens is 1. The summed E-state index contributed by atoms with van der Waals surface area (Å²) >= 11 is 7.63. The molecule has 0 bridgehead atoms. The third-order valence-electron chi connectivity index (χ3n) is 12.6. The average Bonchev–Trinajstić information content (AvgIpc) is 3.72. The Kier molecular flexibility index (Phi) is 9.37. The summed E-state index contributed by atoms with van der Waals surface area (Å²) in [5, 5.41) is 12.1. The van der Waals surface area contributed by atoms with Crippen LogP contribution in [0.15, 0.2) is 146 Å². The minimum absolute atomic E-state index is 0.0529. The van der Waals surface area contributed by atoms with Crippen molar-refractivity contribution in [3.63, 3.8) is 0 Å².